The number of hydrogen-bond acceptors (Lipinski definition) is 2. The lowest BCUT2D eigenvalue weighted by molar-refractivity contribution is 0.414. The van der Waals surface area contributed by atoms with Crippen molar-refractivity contribution in [2.75, 3.05) is 13.7 Å². The molecule has 2 nitrogen and oxygen atoms in total. The molecule has 0 fully saturated rings. The second kappa shape index (κ2) is 9.05. The minimum atomic E-state index is 0.422. The zero-order chi connectivity index (χ0) is 17.3. The molecule has 0 bridgehead atoms. The molecule has 3 rings (SSSR count). The highest BCUT2D eigenvalue weighted by Gasteiger charge is 2.13. The lowest BCUT2D eigenvalue weighted by Crippen LogP contribution is -2.17. The van der Waals surface area contributed by atoms with Gasteiger partial charge in [0, 0.05) is 12.5 Å². The summed E-state index contributed by atoms with van der Waals surface area (Å²) in [5.41, 5.74) is 4.02. The van der Waals surface area contributed by atoms with Gasteiger partial charge in [-0.2, -0.15) is 0 Å². The molecule has 0 unspecified atom stereocenters. The fourth-order valence-electron chi connectivity index (χ4n) is 3.12. The van der Waals surface area contributed by atoms with E-state index in [0.29, 0.717) is 5.92 Å². The highest BCUT2D eigenvalue weighted by Crippen LogP contribution is 2.27. The van der Waals surface area contributed by atoms with Crippen molar-refractivity contribution in [2.24, 2.45) is 0 Å². The SMILES string of the molecule is COc1ccc(CNCCC(c2ccccc2)c2ccccc2)cc1. The van der Waals surface area contributed by atoms with E-state index >= 15 is 0 Å². The normalized spacial score (nSPS) is 10.8. The molecular weight excluding hydrogens is 306 g/mol. The Labute approximate surface area is 150 Å². The van der Waals surface area contributed by atoms with Crippen molar-refractivity contribution in [1.82, 2.24) is 5.32 Å². The third-order valence-corrected chi connectivity index (χ3v) is 4.50. The van der Waals surface area contributed by atoms with Crippen LogP contribution in [0.4, 0.5) is 0 Å². The Morgan fingerprint density at radius 1 is 0.760 bits per heavy atom. The van der Waals surface area contributed by atoms with Gasteiger partial charge in [-0.1, -0.05) is 72.8 Å². The molecule has 25 heavy (non-hydrogen) atoms. The molecule has 1 N–H and O–H groups in total. The fourth-order valence-corrected chi connectivity index (χ4v) is 3.12. The number of rotatable bonds is 8. The van der Waals surface area contributed by atoms with Crippen LogP contribution < -0.4 is 10.1 Å². The average molecular weight is 331 g/mol. The van der Waals surface area contributed by atoms with Crippen molar-refractivity contribution >= 4 is 0 Å². The van der Waals surface area contributed by atoms with E-state index in [9.17, 15) is 0 Å². The smallest absolute Gasteiger partial charge is 0.118 e. The molecular formula is C23H25NO. The Kier molecular flexibility index (Phi) is 6.24. The van der Waals surface area contributed by atoms with Crippen molar-refractivity contribution in [3.05, 3.63) is 102 Å². The maximum absolute atomic E-state index is 5.20. The van der Waals surface area contributed by atoms with Crippen LogP contribution in [0.3, 0.4) is 0 Å². The van der Waals surface area contributed by atoms with Crippen molar-refractivity contribution in [1.29, 1.82) is 0 Å². The molecule has 128 valence electrons. The summed E-state index contributed by atoms with van der Waals surface area (Å²) >= 11 is 0. The summed E-state index contributed by atoms with van der Waals surface area (Å²) in [6.07, 6.45) is 1.07. The molecule has 0 atom stereocenters. The standard InChI is InChI=1S/C23H25NO/c1-25-22-14-12-19(13-15-22)18-24-17-16-23(20-8-4-2-5-9-20)21-10-6-3-7-11-21/h2-15,23-24H,16-18H2,1H3. The van der Waals surface area contributed by atoms with Gasteiger partial charge in [-0.15, -0.1) is 0 Å². The largest absolute Gasteiger partial charge is 0.497 e. The Morgan fingerprint density at radius 2 is 1.32 bits per heavy atom. The Hall–Kier alpha value is -2.58. The van der Waals surface area contributed by atoms with Crippen LogP contribution in [0, 0.1) is 0 Å². The number of methoxy groups -OCH3 is 1. The lowest BCUT2D eigenvalue weighted by Gasteiger charge is -2.18. The topological polar surface area (TPSA) is 21.3 Å². The number of ether oxygens (including phenoxy) is 1. The number of hydrogen-bond donors (Lipinski definition) is 1. The zero-order valence-corrected chi connectivity index (χ0v) is 14.7. The van der Waals surface area contributed by atoms with Crippen molar-refractivity contribution in [2.45, 2.75) is 18.9 Å². The first-order valence-electron chi connectivity index (χ1n) is 8.80. The summed E-state index contributed by atoms with van der Waals surface area (Å²) in [6, 6.07) is 29.8. The van der Waals surface area contributed by atoms with Gasteiger partial charge in [0.05, 0.1) is 7.11 Å². The van der Waals surface area contributed by atoms with E-state index in [0.717, 1.165) is 25.3 Å². The predicted octanol–water partition coefficient (Wildman–Crippen LogP) is 5.01. The average Bonchev–Trinajstić information content (AvgIpc) is 2.70. The van der Waals surface area contributed by atoms with Gasteiger partial charge in [0.1, 0.15) is 5.75 Å². The Balaban J connectivity index is 1.59. The summed E-state index contributed by atoms with van der Waals surface area (Å²) < 4.78 is 5.20. The second-order valence-electron chi connectivity index (χ2n) is 6.19. The van der Waals surface area contributed by atoms with Gasteiger partial charge in [0.25, 0.3) is 0 Å². The zero-order valence-electron chi connectivity index (χ0n) is 14.7. The molecule has 0 aliphatic rings. The van der Waals surface area contributed by atoms with Crippen LogP contribution in [0.1, 0.15) is 29.0 Å². The highest BCUT2D eigenvalue weighted by atomic mass is 16.5. The van der Waals surface area contributed by atoms with E-state index in [-0.39, 0.29) is 0 Å². The molecule has 0 amide bonds. The van der Waals surface area contributed by atoms with Crippen molar-refractivity contribution in [3.63, 3.8) is 0 Å². The molecule has 0 saturated carbocycles. The summed E-state index contributed by atoms with van der Waals surface area (Å²) in [4.78, 5) is 0. The van der Waals surface area contributed by atoms with E-state index in [2.05, 4.69) is 78.1 Å². The molecule has 0 aliphatic heterocycles. The molecule has 0 heterocycles. The first kappa shape index (κ1) is 17.2. The fraction of sp³-hybridized carbons (Fsp3) is 0.217. The molecule has 0 saturated heterocycles. The Bertz CT molecular complexity index is 699. The molecule has 0 aliphatic carbocycles. The second-order valence-corrected chi connectivity index (χ2v) is 6.19. The predicted molar refractivity (Wildman–Crippen MR) is 104 cm³/mol. The van der Waals surface area contributed by atoms with Gasteiger partial charge in [-0.25, -0.2) is 0 Å². The quantitative estimate of drug-likeness (QED) is 0.586. The maximum atomic E-state index is 5.20. The molecule has 3 aromatic rings. The van der Waals surface area contributed by atoms with Gasteiger partial charge >= 0.3 is 0 Å². The van der Waals surface area contributed by atoms with Gasteiger partial charge in [0.2, 0.25) is 0 Å². The first-order valence-corrected chi connectivity index (χ1v) is 8.80. The van der Waals surface area contributed by atoms with Crippen LogP contribution in [0.5, 0.6) is 5.75 Å². The van der Waals surface area contributed by atoms with Crippen molar-refractivity contribution in [3.8, 4) is 5.75 Å². The molecule has 0 spiro atoms. The van der Waals surface area contributed by atoms with Crippen LogP contribution in [0.2, 0.25) is 0 Å². The third kappa shape index (κ3) is 4.94. The van der Waals surface area contributed by atoms with E-state index in [1.165, 1.54) is 16.7 Å². The van der Waals surface area contributed by atoms with Crippen LogP contribution in [-0.4, -0.2) is 13.7 Å². The summed E-state index contributed by atoms with van der Waals surface area (Å²) in [7, 11) is 1.69. The Morgan fingerprint density at radius 3 is 1.84 bits per heavy atom. The maximum Gasteiger partial charge on any atom is 0.118 e. The summed E-state index contributed by atoms with van der Waals surface area (Å²) in [5.74, 6) is 1.32. The summed E-state index contributed by atoms with van der Waals surface area (Å²) in [5, 5.41) is 3.57. The first-order chi connectivity index (χ1) is 12.4. The third-order valence-electron chi connectivity index (χ3n) is 4.50. The molecule has 3 aromatic carbocycles. The van der Waals surface area contributed by atoms with Gasteiger partial charge in [0.15, 0.2) is 0 Å². The number of benzene rings is 3. The number of nitrogens with one attached hydrogen (secondary N) is 1. The molecule has 0 radical (unpaired) electrons. The monoisotopic (exact) mass is 331 g/mol. The van der Waals surface area contributed by atoms with E-state index in [1.807, 2.05) is 12.1 Å². The van der Waals surface area contributed by atoms with Crippen LogP contribution in [0.25, 0.3) is 0 Å². The van der Waals surface area contributed by atoms with Gasteiger partial charge in [-0.3, -0.25) is 0 Å². The minimum absolute atomic E-state index is 0.422. The van der Waals surface area contributed by atoms with E-state index < -0.39 is 0 Å². The van der Waals surface area contributed by atoms with Crippen LogP contribution in [0.15, 0.2) is 84.9 Å². The summed E-state index contributed by atoms with van der Waals surface area (Å²) in [6.45, 7) is 1.85. The molecule has 0 aromatic heterocycles. The highest BCUT2D eigenvalue weighted by molar-refractivity contribution is 5.32. The minimum Gasteiger partial charge on any atom is -0.497 e. The van der Waals surface area contributed by atoms with Crippen LogP contribution >= 0.6 is 0 Å². The van der Waals surface area contributed by atoms with E-state index in [1.54, 1.807) is 7.11 Å². The van der Waals surface area contributed by atoms with Crippen molar-refractivity contribution < 1.29 is 4.74 Å². The lowest BCUT2D eigenvalue weighted by atomic mass is 9.88. The molecule has 2 heteroatoms. The van der Waals surface area contributed by atoms with Crippen LogP contribution in [-0.2, 0) is 6.54 Å². The van der Waals surface area contributed by atoms with Gasteiger partial charge < -0.3 is 10.1 Å². The van der Waals surface area contributed by atoms with Gasteiger partial charge in [-0.05, 0) is 41.8 Å². The van der Waals surface area contributed by atoms with E-state index in [4.69, 9.17) is 4.74 Å².